The van der Waals surface area contributed by atoms with Gasteiger partial charge in [0.15, 0.2) is 5.96 Å². The molecule has 7 heteroatoms. The number of rotatable bonds is 5. The van der Waals surface area contributed by atoms with E-state index in [1.165, 1.54) is 24.3 Å². The van der Waals surface area contributed by atoms with Crippen LogP contribution in [0.15, 0.2) is 22.5 Å². The lowest BCUT2D eigenvalue weighted by atomic mass is 9.88. The van der Waals surface area contributed by atoms with E-state index in [1.807, 2.05) is 11.3 Å². The molecule has 2 heterocycles. The Kier molecular flexibility index (Phi) is 9.82. The van der Waals surface area contributed by atoms with Crippen LogP contribution in [0.4, 0.5) is 0 Å². The topological polar surface area (TPSA) is 59.9 Å². The van der Waals surface area contributed by atoms with Crippen LogP contribution in [0.25, 0.3) is 0 Å². The summed E-state index contributed by atoms with van der Waals surface area (Å²) in [5.41, 5.74) is 0. The normalized spacial score (nSPS) is 29.8. The molecule has 5 nitrogen and oxygen atoms in total. The molecule has 0 aromatic carbocycles. The van der Waals surface area contributed by atoms with Crippen LogP contribution in [0.1, 0.15) is 56.4 Å². The van der Waals surface area contributed by atoms with Crippen molar-refractivity contribution in [2.24, 2.45) is 10.9 Å². The summed E-state index contributed by atoms with van der Waals surface area (Å²) >= 11 is 1.87. The molecule has 0 radical (unpaired) electrons. The highest BCUT2D eigenvalue weighted by Crippen LogP contribution is 2.37. The highest BCUT2D eigenvalue weighted by molar-refractivity contribution is 14.0. The van der Waals surface area contributed by atoms with Crippen molar-refractivity contribution < 1.29 is 5.11 Å². The van der Waals surface area contributed by atoms with Crippen molar-refractivity contribution in [2.75, 3.05) is 26.7 Å². The first-order chi connectivity index (χ1) is 12.7. The predicted octanol–water partition coefficient (Wildman–Crippen LogP) is 3.61. The minimum Gasteiger partial charge on any atom is -0.393 e. The summed E-state index contributed by atoms with van der Waals surface area (Å²) in [5.74, 6) is 1.50. The maximum Gasteiger partial charge on any atom is 0.191 e. The molecular formula is C20H35IN4OS. The van der Waals surface area contributed by atoms with E-state index in [0.717, 1.165) is 44.7 Å². The van der Waals surface area contributed by atoms with Gasteiger partial charge in [0.2, 0.25) is 0 Å². The number of likely N-dealkylation sites (tertiary alicyclic amines) is 1. The van der Waals surface area contributed by atoms with E-state index in [4.69, 9.17) is 4.99 Å². The van der Waals surface area contributed by atoms with Gasteiger partial charge in [-0.25, -0.2) is 0 Å². The van der Waals surface area contributed by atoms with Gasteiger partial charge in [-0.15, -0.1) is 35.3 Å². The zero-order valence-corrected chi connectivity index (χ0v) is 19.7. The van der Waals surface area contributed by atoms with E-state index in [-0.39, 0.29) is 30.1 Å². The summed E-state index contributed by atoms with van der Waals surface area (Å²) in [5, 5.41) is 18.9. The van der Waals surface area contributed by atoms with E-state index in [0.29, 0.717) is 18.0 Å². The van der Waals surface area contributed by atoms with Gasteiger partial charge in [0.05, 0.1) is 6.10 Å². The molecule has 0 amide bonds. The smallest absolute Gasteiger partial charge is 0.191 e. The van der Waals surface area contributed by atoms with Gasteiger partial charge >= 0.3 is 0 Å². The van der Waals surface area contributed by atoms with E-state index >= 15 is 0 Å². The minimum absolute atomic E-state index is 0. The first-order valence-corrected chi connectivity index (χ1v) is 11.0. The predicted molar refractivity (Wildman–Crippen MR) is 125 cm³/mol. The Morgan fingerprint density at radius 2 is 2.07 bits per heavy atom. The average molecular weight is 506 g/mol. The average Bonchev–Trinajstić information content (AvgIpc) is 3.16. The Labute approximate surface area is 185 Å². The van der Waals surface area contributed by atoms with Crippen LogP contribution < -0.4 is 10.6 Å². The molecule has 2 unspecified atom stereocenters. The first-order valence-electron chi connectivity index (χ1n) is 10.1. The number of hydrogen-bond acceptors (Lipinski definition) is 4. The summed E-state index contributed by atoms with van der Waals surface area (Å²) in [6.07, 6.45) is 6.21. The van der Waals surface area contributed by atoms with Gasteiger partial charge < -0.3 is 15.7 Å². The minimum atomic E-state index is -0.114. The van der Waals surface area contributed by atoms with Gasteiger partial charge in [0.1, 0.15) is 0 Å². The Hall–Kier alpha value is -0.380. The van der Waals surface area contributed by atoms with Crippen LogP contribution in [-0.2, 0) is 0 Å². The summed E-state index contributed by atoms with van der Waals surface area (Å²) < 4.78 is 0. The fraction of sp³-hybridized carbons (Fsp3) is 0.750. The van der Waals surface area contributed by atoms with Crippen molar-refractivity contribution in [3.8, 4) is 0 Å². The second kappa shape index (κ2) is 11.6. The number of aliphatic hydroxyl groups is 1. The number of halogens is 1. The Morgan fingerprint density at radius 3 is 2.74 bits per heavy atom. The number of aliphatic imine (C=N–C) groups is 1. The molecule has 3 N–H and O–H groups in total. The van der Waals surface area contributed by atoms with Gasteiger partial charge in [-0.3, -0.25) is 9.89 Å². The van der Waals surface area contributed by atoms with Gasteiger partial charge in [-0.05, 0) is 76.4 Å². The third-order valence-electron chi connectivity index (χ3n) is 5.71. The standard InChI is InChI=1S/C20H34N4OS.HI/c1-3-21-20(23-16-8-10-17(25)11-9-16)22-14-15-6-4-12-24(2)19(15)18-7-5-13-26-18;/h5,7,13,15-17,19,25H,3-4,6,8-12,14H2,1-2H3,(H2,21,22,23);1H. The lowest BCUT2D eigenvalue weighted by molar-refractivity contribution is 0.120. The third-order valence-corrected chi connectivity index (χ3v) is 6.65. The monoisotopic (exact) mass is 506 g/mol. The molecule has 1 aliphatic heterocycles. The lowest BCUT2D eigenvalue weighted by Crippen LogP contribution is -2.46. The second-order valence-electron chi connectivity index (χ2n) is 7.71. The SMILES string of the molecule is CCNC(=NCC1CCCN(C)C1c1cccs1)NC1CCC(O)CC1.I. The number of guanidine groups is 1. The summed E-state index contributed by atoms with van der Waals surface area (Å²) in [6.45, 7) is 5.02. The molecule has 1 aliphatic carbocycles. The maximum atomic E-state index is 9.71. The van der Waals surface area contributed by atoms with Crippen LogP contribution in [0.3, 0.4) is 0 Å². The zero-order valence-electron chi connectivity index (χ0n) is 16.6. The van der Waals surface area contributed by atoms with Crippen LogP contribution in [0.5, 0.6) is 0 Å². The number of hydrogen-bond donors (Lipinski definition) is 3. The van der Waals surface area contributed by atoms with Crippen molar-refractivity contribution >= 4 is 41.3 Å². The van der Waals surface area contributed by atoms with Crippen LogP contribution in [-0.4, -0.2) is 54.8 Å². The van der Waals surface area contributed by atoms with Crippen LogP contribution in [0.2, 0.25) is 0 Å². The van der Waals surface area contributed by atoms with Crippen molar-refractivity contribution in [1.82, 2.24) is 15.5 Å². The Morgan fingerprint density at radius 1 is 1.30 bits per heavy atom. The number of thiophene rings is 1. The molecule has 2 atom stereocenters. The van der Waals surface area contributed by atoms with Crippen molar-refractivity contribution in [3.05, 3.63) is 22.4 Å². The van der Waals surface area contributed by atoms with E-state index in [9.17, 15) is 5.11 Å². The maximum absolute atomic E-state index is 9.71. The van der Waals surface area contributed by atoms with E-state index in [2.05, 4.69) is 47.0 Å². The number of nitrogens with zero attached hydrogens (tertiary/aromatic N) is 2. The number of piperidine rings is 1. The Bertz CT molecular complexity index is 560. The molecule has 2 fully saturated rings. The highest BCUT2D eigenvalue weighted by Gasteiger charge is 2.31. The van der Waals surface area contributed by atoms with Gasteiger partial charge in [0.25, 0.3) is 0 Å². The molecule has 1 aromatic rings. The summed E-state index contributed by atoms with van der Waals surface area (Å²) in [4.78, 5) is 8.92. The van der Waals surface area contributed by atoms with Gasteiger partial charge in [-0.2, -0.15) is 0 Å². The van der Waals surface area contributed by atoms with E-state index < -0.39 is 0 Å². The number of aliphatic hydroxyl groups excluding tert-OH is 1. The fourth-order valence-electron chi connectivity index (χ4n) is 4.30. The van der Waals surface area contributed by atoms with Crippen LogP contribution in [0, 0.1) is 5.92 Å². The van der Waals surface area contributed by atoms with E-state index in [1.54, 1.807) is 0 Å². The quantitative estimate of drug-likeness (QED) is 0.325. The van der Waals surface area contributed by atoms with Gasteiger partial charge in [0, 0.05) is 30.1 Å². The molecule has 1 saturated carbocycles. The molecule has 3 rings (SSSR count). The number of nitrogens with one attached hydrogen (secondary N) is 2. The highest BCUT2D eigenvalue weighted by atomic mass is 127. The van der Waals surface area contributed by atoms with Gasteiger partial charge in [-0.1, -0.05) is 6.07 Å². The largest absolute Gasteiger partial charge is 0.393 e. The molecule has 1 saturated heterocycles. The molecule has 2 aliphatic rings. The van der Waals surface area contributed by atoms with Crippen molar-refractivity contribution in [2.45, 2.75) is 63.6 Å². The molecular weight excluding hydrogens is 471 g/mol. The Balaban J connectivity index is 0.00000261. The molecule has 0 spiro atoms. The summed E-state index contributed by atoms with van der Waals surface area (Å²) in [6, 6.07) is 5.34. The zero-order chi connectivity index (χ0) is 18.4. The molecule has 154 valence electrons. The van der Waals surface area contributed by atoms with Crippen molar-refractivity contribution in [1.29, 1.82) is 0 Å². The fourth-order valence-corrected chi connectivity index (χ4v) is 5.29. The van der Waals surface area contributed by atoms with Crippen molar-refractivity contribution in [3.63, 3.8) is 0 Å². The third kappa shape index (κ3) is 6.58. The second-order valence-corrected chi connectivity index (χ2v) is 8.69. The summed E-state index contributed by atoms with van der Waals surface area (Å²) in [7, 11) is 2.25. The first kappa shape index (κ1) is 22.9. The molecule has 0 bridgehead atoms. The molecule has 27 heavy (non-hydrogen) atoms. The molecule has 1 aromatic heterocycles. The van der Waals surface area contributed by atoms with Crippen LogP contribution >= 0.6 is 35.3 Å². The lowest BCUT2D eigenvalue weighted by Gasteiger charge is -2.38.